The molecule has 19 heavy (non-hydrogen) atoms. The Morgan fingerprint density at radius 1 is 1.32 bits per heavy atom. The Kier molecular flexibility index (Phi) is 6.63. The van der Waals surface area contributed by atoms with E-state index < -0.39 is 11.5 Å². The minimum Gasteiger partial charge on any atom is -0.477 e. The zero-order chi connectivity index (χ0) is 14.1. The Morgan fingerprint density at radius 2 is 2.00 bits per heavy atom. The van der Waals surface area contributed by atoms with Gasteiger partial charge in [0.25, 0.3) is 5.56 Å². The number of anilines is 1. The first-order valence-corrected chi connectivity index (χ1v) is 6.71. The van der Waals surface area contributed by atoms with Gasteiger partial charge in [-0.05, 0) is 6.42 Å². The number of H-pyrrole nitrogens is 1. The number of hydrogen-bond donors (Lipinski definition) is 3. The van der Waals surface area contributed by atoms with Gasteiger partial charge >= 0.3 is 5.97 Å². The van der Waals surface area contributed by atoms with Gasteiger partial charge in [0.15, 0.2) is 0 Å². The van der Waals surface area contributed by atoms with E-state index in [1.54, 1.807) is 0 Å². The summed E-state index contributed by atoms with van der Waals surface area (Å²) in [4.78, 5) is 28.3. The highest BCUT2D eigenvalue weighted by molar-refractivity contribution is 5.86. The Hall–Kier alpha value is -1.85. The van der Waals surface area contributed by atoms with E-state index in [0.717, 1.165) is 25.6 Å². The van der Waals surface area contributed by atoms with Crippen molar-refractivity contribution in [2.75, 3.05) is 11.9 Å². The zero-order valence-corrected chi connectivity index (χ0v) is 11.2. The van der Waals surface area contributed by atoms with Gasteiger partial charge in [-0.15, -0.1) is 0 Å². The molecule has 0 fully saturated rings. The standard InChI is InChI=1S/C13H21N3O3/c1-2-3-4-5-6-7-8-14-13-15-9-10(12(18)19)11(17)16-13/h9H,2-8H2,1H3,(H,18,19)(H2,14,15,16,17). The van der Waals surface area contributed by atoms with Gasteiger partial charge in [0.2, 0.25) is 5.95 Å². The molecule has 6 heteroatoms. The topological polar surface area (TPSA) is 95.1 Å². The average Bonchev–Trinajstić information content (AvgIpc) is 2.37. The number of aromatic amines is 1. The average molecular weight is 267 g/mol. The van der Waals surface area contributed by atoms with Gasteiger partial charge in [0, 0.05) is 6.54 Å². The van der Waals surface area contributed by atoms with E-state index in [2.05, 4.69) is 22.2 Å². The van der Waals surface area contributed by atoms with Crippen LogP contribution in [-0.2, 0) is 0 Å². The van der Waals surface area contributed by atoms with Crippen molar-refractivity contribution in [2.45, 2.75) is 45.4 Å². The van der Waals surface area contributed by atoms with E-state index in [9.17, 15) is 9.59 Å². The Morgan fingerprint density at radius 3 is 2.63 bits per heavy atom. The van der Waals surface area contributed by atoms with Crippen LogP contribution < -0.4 is 10.9 Å². The largest absolute Gasteiger partial charge is 0.477 e. The third kappa shape index (κ3) is 5.54. The fourth-order valence-corrected chi connectivity index (χ4v) is 1.75. The molecule has 0 bridgehead atoms. The maximum atomic E-state index is 11.4. The summed E-state index contributed by atoms with van der Waals surface area (Å²) in [6.45, 7) is 2.91. The summed E-state index contributed by atoms with van der Waals surface area (Å²) >= 11 is 0. The second kappa shape index (κ2) is 8.29. The Bertz CT molecular complexity index is 457. The third-order valence-electron chi connectivity index (χ3n) is 2.85. The number of nitrogens with zero attached hydrogens (tertiary/aromatic N) is 1. The summed E-state index contributed by atoms with van der Waals surface area (Å²) in [6.07, 6.45) is 8.22. The summed E-state index contributed by atoms with van der Waals surface area (Å²) in [5.41, 5.74) is -0.974. The fourth-order valence-electron chi connectivity index (χ4n) is 1.75. The highest BCUT2D eigenvalue weighted by Gasteiger charge is 2.09. The summed E-state index contributed by atoms with van der Waals surface area (Å²) in [5, 5.41) is 11.7. The molecule has 1 aromatic heterocycles. The molecule has 3 N–H and O–H groups in total. The molecule has 0 aliphatic heterocycles. The molecule has 0 aliphatic rings. The lowest BCUT2D eigenvalue weighted by Gasteiger charge is -2.05. The first-order valence-electron chi connectivity index (χ1n) is 6.71. The number of carbonyl (C=O) groups is 1. The molecule has 6 nitrogen and oxygen atoms in total. The van der Waals surface area contributed by atoms with Crippen molar-refractivity contribution in [3.05, 3.63) is 22.1 Å². The number of carboxylic acid groups (broad SMARTS) is 1. The van der Waals surface area contributed by atoms with Crippen LogP contribution in [0.3, 0.4) is 0 Å². The molecule has 1 aromatic rings. The normalized spacial score (nSPS) is 10.4. The minimum atomic E-state index is -1.27. The van der Waals surface area contributed by atoms with Crippen LogP contribution in [0.15, 0.2) is 11.0 Å². The van der Waals surface area contributed by atoms with Crippen LogP contribution in [0.1, 0.15) is 55.8 Å². The highest BCUT2D eigenvalue weighted by Crippen LogP contribution is 2.05. The van der Waals surface area contributed by atoms with Crippen molar-refractivity contribution in [2.24, 2.45) is 0 Å². The van der Waals surface area contributed by atoms with E-state index in [0.29, 0.717) is 5.95 Å². The van der Waals surface area contributed by atoms with E-state index in [1.165, 1.54) is 25.7 Å². The molecule has 0 unspecified atom stereocenters. The van der Waals surface area contributed by atoms with Crippen LogP contribution in [0.4, 0.5) is 5.95 Å². The molecule has 0 radical (unpaired) electrons. The molecule has 0 atom stereocenters. The molecule has 0 spiro atoms. The second-order valence-electron chi connectivity index (χ2n) is 4.47. The fraction of sp³-hybridized carbons (Fsp3) is 0.615. The smallest absolute Gasteiger partial charge is 0.342 e. The molecular formula is C13H21N3O3. The second-order valence-corrected chi connectivity index (χ2v) is 4.47. The molecule has 0 aromatic carbocycles. The zero-order valence-electron chi connectivity index (χ0n) is 11.2. The number of aromatic carboxylic acids is 1. The summed E-state index contributed by atoms with van der Waals surface area (Å²) < 4.78 is 0. The summed E-state index contributed by atoms with van der Waals surface area (Å²) in [7, 11) is 0. The number of carboxylic acids is 1. The molecule has 0 aliphatic carbocycles. The van der Waals surface area contributed by atoms with Crippen LogP contribution in [-0.4, -0.2) is 27.6 Å². The lowest BCUT2D eigenvalue weighted by molar-refractivity contribution is 0.0694. The Labute approximate surface area is 112 Å². The van der Waals surface area contributed by atoms with Crippen molar-refractivity contribution >= 4 is 11.9 Å². The van der Waals surface area contributed by atoms with Crippen molar-refractivity contribution < 1.29 is 9.90 Å². The predicted molar refractivity (Wildman–Crippen MR) is 73.7 cm³/mol. The highest BCUT2D eigenvalue weighted by atomic mass is 16.4. The molecule has 1 heterocycles. The van der Waals surface area contributed by atoms with E-state index in [-0.39, 0.29) is 5.56 Å². The van der Waals surface area contributed by atoms with E-state index >= 15 is 0 Å². The first-order chi connectivity index (χ1) is 9.15. The van der Waals surface area contributed by atoms with Crippen molar-refractivity contribution in [3.8, 4) is 0 Å². The first kappa shape index (κ1) is 15.2. The monoisotopic (exact) mass is 267 g/mol. The van der Waals surface area contributed by atoms with E-state index in [4.69, 9.17) is 5.11 Å². The Balaban J connectivity index is 2.29. The number of rotatable bonds is 9. The van der Waals surface area contributed by atoms with Crippen molar-refractivity contribution in [1.82, 2.24) is 9.97 Å². The molecule has 1 rings (SSSR count). The SMILES string of the molecule is CCCCCCCCNc1ncc(C(=O)O)c(=O)[nH]1. The third-order valence-corrected chi connectivity index (χ3v) is 2.85. The lowest BCUT2D eigenvalue weighted by Crippen LogP contribution is -2.20. The number of unbranched alkanes of at least 4 members (excludes halogenated alkanes) is 5. The van der Waals surface area contributed by atoms with Gasteiger partial charge in [0.1, 0.15) is 5.56 Å². The molecule has 0 saturated heterocycles. The van der Waals surface area contributed by atoms with Crippen LogP contribution in [0.5, 0.6) is 0 Å². The maximum Gasteiger partial charge on any atom is 0.342 e. The molecule has 0 saturated carbocycles. The van der Waals surface area contributed by atoms with Crippen LogP contribution in [0, 0.1) is 0 Å². The van der Waals surface area contributed by atoms with Crippen molar-refractivity contribution in [1.29, 1.82) is 0 Å². The number of nitrogens with one attached hydrogen (secondary N) is 2. The number of aromatic nitrogens is 2. The van der Waals surface area contributed by atoms with Gasteiger partial charge in [-0.1, -0.05) is 39.0 Å². The van der Waals surface area contributed by atoms with Gasteiger partial charge in [-0.2, -0.15) is 0 Å². The van der Waals surface area contributed by atoms with Gasteiger partial charge in [-0.25, -0.2) is 9.78 Å². The van der Waals surface area contributed by atoms with Crippen LogP contribution in [0.25, 0.3) is 0 Å². The summed E-state index contributed by atoms with van der Waals surface area (Å²) in [5.74, 6) is -0.945. The van der Waals surface area contributed by atoms with Gasteiger partial charge in [-0.3, -0.25) is 9.78 Å². The molecular weight excluding hydrogens is 246 g/mol. The van der Waals surface area contributed by atoms with Gasteiger partial charge in [0.05, 0.1) is 6.20 Å². The van der Waals surface area contributed by atoms with E-state index in [1.807, 2.05) is 0 Å². The predicted octanol–water partition coefficient (Wildman–Crippen LogP) is 2.24. The molecule has 106 valence electrons. The van der Waals surface area contributed by atoms with Crippen LogP contribution >= 0.6 is 0 Å². The quantitative estimate of drug-likeness (QED) is 0.596. The minimum absolute atomic E-state index is 0.323. The van der Waals surface area contributed by atoms with Crippen molar-refractivity contribution in [3.63, 3.8) is 0 Å². The summed E-state index contributed by atoms with van der Waals surface area (Å²) in [6, 6.07) is 0. The van der Waals surface area contributed by atoms with Crippen LogP contribution in [0.2, 0.25) is 0 Å². The molecule has 0 amide bonds. The number of hydrogen-bond acceptors (Lipinski definition) is 4. The van der Waals surface area contributed by atoms with Gasteiger partial charge < -0.3 is 10.4 Å². The lowest BCUT2D eigenvalue weighted by atomic mass is 10.1. The maximum absolute atomic E-state index is 11.4.